The van der Waals surface area contributed by atoms with Gasteiger partial charge in [0, 0.05) is 29.9 Å². The van der Waals surface area contributed by atoms with E-state index in [1.165, 1.54) is 0 Å². The number of benzene rings is 1. The lowest BCUT2D eigenvalue weighted by Gasteiger charge is -2.08. The highest BCUT2D eigenvalue weighted by atomic mass is 35.5. The Labute approximate surface area is 176 Å². The van der Waals surface area contributed by atoms with Gasteiger partial charge in [0.15, 0.2) is 5.65 Å². The fraction of sp³-hybridized carbons (Fsp3) is 0.263. The van der Waals surface area contributed by atoms with E-state index in [1.807, 2.05) is 25.3 Å². The van der Waals surface area contributed by atoms with E-state index in [4.69, 9.17) is 27.9 Å². The number of nitrogens with one attached hydrogen (secondary N) is 1. The van der Waals surface area contributed by atoms with Crippen LogP contribution in [0.25, 0.3) is 11.2 Å². The molecule has 0 aliphatic rings. The van der Waals surface area contributed by atoms with E-state index in [9.17, 15) is 4.79 Å². The van der Waals surface area contributed by atoms with Gasteiger partial charge in [-0.2, -0.15) is 4.98 Å². The van der Waals surface area contributed by atoms with E-state index >= 15 is 0 Å². The van der Waals surface area contributed by atoms with Crippen LogP contribution in [0.5, 0.6) is 5.75 Å². The van der Waals surface area contributed by atoms with E-state index in [2.05, 4.69) is 19.9 Å². The lowest BCUT2D eigenvalue weighted by molar-refractivity contribution is 0.414. The minimum atomic E-state index is -0.114. The second kappa shape index (κ2) is 7.88. The molecule has 150 valence electrons. The Hall–Kier alpha value is -2.84. The van der Waals surface area contributed by atoms with Crippen molar-refractivity contribution in [3.63, 3.8) is 0 Å². The van der Waals surface area contributed by atoms with E-state index < -0.39 is 0 Å². The Kier molecular flexibility index (Phi) is 5.29. The van der Waals surface area contributed by atoms with Crippen LogP contribution in [0.3, 0.4) is 0 Å². The highest BCUT2D eigenvalue weighted by Crippen LogP contribution is 2.24. The van der Waals surface area contributed by atoms with Gasteiger partial charge < -0.3 is 9.72 Å². The van der Waals surface area contributed by atoms with Gasteiger partial charge in [0.1, 0.15) is 17.1 Å². The molecule has 0 spiro atoms. The number of methoxy groups -OCH3 is 1. The van der Waals surface area contributed by atoms with Crippen molar-refractivity contribution in [3.8, 4) is 5.75 Å². The maximum Gasteiger partial charge on any atom is 0.328 e. The third-order valence-electron chi connectivity index (χ3n) is 4.66. The Balaban J connectivity index is 1.65. The fourth-order valence-corrected chi connectivity index (χ4v) is 3.61. The molecule has 0 aliphatic carbocycles. The minimum Gasteiger partial charge on any atom is -0.497 e. The predicted octanol–water partition coefficient (Wildman–Crippen LogP) is 3.29. The monoisotopic (exact) mass is 432 g/mol. The number of hydrogen-bond donors (Lipinski definition) is 1. The largest absolute Gasteiger partial charge is 0.497 e. The molecule has 0 saturated heterocycles. The van der Waals surface area contributed by atoms with E-state index in [0.29, 0.717) is 40.7 Å². The summed E-state index contributed by atoms with van der Waals surface area (Å²) < 4.78 is 8.53. The molecular weight excluding hydrogens is 415 g/mol. The molecule has 0 fully saturated rings. The number of aromatic amines is 1. The third-order valence-corrected chi connectivity index (χ3v) is 5.19. The number of rotatable bonds is 6. The van der Waals surface area contributed by atoms with E-state index in [0.717, 1.165) is 11.3 Å². The molecule has 0 aliphatic heterocycles. The highest BCUT2D eigenvalue weighted by Gasteiger charge is 2.14. The van der Waals surface area contributed by atoms with Crippen molar-refractivity contribution in [1.82, 2.24) is 29.1 Å². The second-order valence-electron chi connectivity index (χ2n) is 6.47. The van der Waals surface area contributed by atoms with Crippen LogP contribution in [-0.2, 0) is 19.5 Å². The summed E-state index contributed by atoms with van der Waals surface area (Å²) in [6.45, 7) is 2.77. The van der Waals surface area contributed by atoms with Gasteiger partial charge >= 0.3 is 5.69 Å². The number of ether oxygens (including phenoxy) is 1. The Morgan fingerprint density at radius 1 is 1.24 bits per heavy atom. The molecule has 0 saturated carbocycles. The van der Waals surface area contributed by atoms with Gasteiger partial charge in [-0.15, -0.1) is 0 Å². The summed E-state index contributed by atoms with van der Waals surface area (Å²) in [4.78, 5) is 28.4. The van der Waals surface area contributed by atoms with Crippen molar-refractivity contribution in [2.24, 2.45) is 0 Å². The molecule has 0 atom stereocenters. The summed E-state index contributed by atoms with van der Waals surface area (Å²) in [5, 5.41) is 0.725. The van der Waals surface area contributed by atoms with Crippen molar-refractivity contribution in [1.29, 1.82) is 0 Å². The summed E-state index contributed by atoms with van der Waals surface area (Å²) in [7, 11) is 1.60. The van der Waals surface area contributed by atoms with Crippen molar-refractivity contribution >= 4 is 34.4 Å². The van der Waals surface area contributed by atoms with Crippen LogP contribution in [0.2, 0.25) is 10.3 Å². The molecule has 3 heterocycles. The molecule has 29 heavy (non-hydrogen) atoms. The van der Waals surface area contributed by atoms with Crippen molar-refractivity contribution < 1.29 is 4.74 Å². The minimum absolute atomic E-state index is 0.114. The first kappa shape index (κ1) is 19.5. The molecule has 0 amide bonds. The number of aromatic nitrogens is 6. The molecule has 4 rings (SSSR count). The molecule has 0 radical (unpaired) electrons. The van der Waals surface area contributed by atoms with Crippen LogP contribution in [0.15, 0.2) is 35.4 Å². The number of fused-ring (bicyclic) bond motifs is 1. The first-order valence-corrected chi connectivity index (χ1v) is 9.72. The quantitative estimate of drug-likeness (QED) is 0.472. The molecule has 0 bridgehead atoms. The normalized spacial score (nSPS) is 11.3. The smallest absolute Gasteiger partial charge is 0.328 e. The van der Waals surface area contributed by atoms with Crippen LogP contribution >= 0.6 is 23.2 Å². The van der Waals surface area contributed by atoms with E-state index in [-0.39, 0.29) is 17.5 Å². The van der Waals surface area contributed by atoms with Gasteiger partial charge in [0.2, 0.25) is 5.28 Å². The first-order chi connectivity index (χ1) is 14.0. The van der Waals surface area contributed by atoms with Crippen molar-refractivity contribution in [2.75, 3.05) is 7.11 Å². The Morgan fingerprint density at radius 2 is 2.07 bits per heavy atom. The Bertz CT molecular complexity index is 1240. The first-order valence-electron chi connectivity index (χ1n) is 8.97. The number of hydrogen-bond acceptors (Lipinski definition) is 5. The number of halogens is 2. The zero-order chi connectivity index (χ0) is 20.5. The van der Waals surface area contributed by atoms with Crippen LogP contribution < -0.4 is 10.4 Å². The summed E-state index contributed by atoms with van der Waals surface area (Å²) >= 11 is 12.2. The number of imidazole rings is 2. The lowest BCUT2D eigenvalue weighted by Crippen LogP contribution is -2.25. The summed E-state index contributed by atoms with van der Waals surface area (Å²) in [6, 6.07) is 5.53. The van der Waals surface area contributed by atoms with Crippen LogP contribution in [0, 0.1) is 0 Å². The van der Waals surface area contributed by atoms with Crippen molar-refractivity contribution in [3.05, 3.63) is 68.5 Å². The number of nitrogens with zero attached hydrogens (tertiary/aromatic N) is 5. The summed E-state index contributed by atoms with van der Waals surface area (Å²) in [5.41, 5.74) is 2.80. The highest BCUT2D eigenvalue weighted by molar-refractivity contribution is 6.31. The Morgan fingerprint density at radius 3 is 2.79 bits per heavy atom. The van der Waals surface area contributed by atoms with Gasteiger partial charge in [-0.3, -0.25) is 9.13 Å². The molecule has 8 nitrogen and oxygen atoms in total. The van der Waals surface area contributed by atoms with Gasteiger partial charge in [-0.05, 0) is 36.2 Å². The van der Waals surface area contributed by atoms with Crippen LogP contribution in [0.1, 0.15) is 24.0 Å². The summed E-state index contributed by atoms with van der Waals surface area (Å²) in [6.07, 6.45) is 3.93. The van der Waals surface area contributed by atoms with Gasteiger partial charge in [0.25, 0.3) is 0 Å². The van der Waals surface area contributed by atoms with Crippen LogP contribution in [0.4, 0.5) is 0 Å². The third kappa shape index (κ3) is 3.86. The predicted molar refractivity (Wildman–Crippen MR) is 111 cm³/mol. The zero-order valence-electron chi connectivity index (χ0n) is 15.8. The average molecular weight is 433 g/mol. The molecule has 4 aromatic rings. The molecule has 1 N–H and O–H groups in total. The van der Waals surface area contributed by atoms with E-state index in [1.54, 1.807) is 28.5 Å². The molecular formula is C19H18Cl2N6O2. The number of H-pyrrole nitrogens is 1. The second-order valence-corrected chi connectivity index (χ2v) is 7.21. The SMILES string of the molecule is CCn1c(Cc2ccc(OC)cc2Cl)cn(Cc2nc3nc(Cl)ncc3[nH]2)c1=O. The molecule has 10 heteroatoms. The molecule has 3 aromatic heterocycles. The van der Waals surface area contributed by atoms with Crippen LogP contribution in [-0.4, -0.2) is 36.2 Å². The molecule has 0 unspecified atom stereocenters. The average Bonchev–Trinajstić information content (AvgIpc) is 3.23. The maximum absolute atomic E-state index is 12.9. The standard InChI is InChI=1S/C19H18Cl2N6O2/c1-3-27-12(6-11-4-5-13(29-2)7-14(11)20)9-26(19(27)28)10-16-23-15-8-22-18(21)25-17(15)24-16/h4-5,7-9H,3,6,10H2,1-2H3,(H,22,23,24,25). The summed E-state index contributed by atoms with van der Waals surface area (Å²) in [5.74, 6) is 1.29. The topological polar surface area (TPSA) is 90.6 Å². The van der Waals surface area contributed by atoms with Gasteiger partial charge in [0.05, 0.1) is 19.9 Å². The van der Waals surface area contributed by atoms with Crippen molar-refractivity contribution in [2.45, 2.75) is 26.4 Å². The maximum atomic E-state index is 12.9. The lowest BCUT2D eigenvalue weighted by atomic mass is 10.1. The van der Waals surface area contributed by atoms with Gasteiger partial charge in [-0.25, -0.2) is 14.8 Å². The molecule has 1 aromatic carbocycles. The fourth-order valence-electron chi connectivity index (χ4n) is 3.24. The van der Waals surface area contributed by atoms with Gasteiger partial charge in [-0.1, -0.05) is 17.7 Å². The zero-order valence-corrected chi connectivity index (χ0v) is 17.3.